The summed E-state index contributed by atoms with van der Waals surface area (Å²) in [6, 6.07) is 14.3. The van der Waals surface area contributed by atoms with Crippen molar-refractivity contribution in [1.82, 2.24) is 5.32 Å². The molecular formula is C19H22FNO3. The lowest BCUT2D eigenvalue weighted by Crippen LogP contribution is -2.46. The Morgan fingerprint density at radius 3 is 2.58 bits per heavy atom. The Bertz CT molecular complexity index is 663. The van der Waals surface area contributed by atoms with Crippen LogP contribution in [0.25, 0.3) is 0 Å². The number of nitrogens with one attached hydrogen (secondary N) is 1. The summed E-state index contributed by atoms with van der Waals surface area (Å²) in [5.41, 5.74) is -0.878. The highest BCUT2D eigenvalue weighted by atomic mass is 19.1. The third kappa shape index (κ3) is 4.88. The monoisotopic (exact) mass is 331 g/mol. The van der Waals surface area contributed by atoms with Gasteiger partial charge in [-0.3, -0.25) is 4.79 Å². The van der Waals surface area contributed by atoms with Gasteiger partial charge in [0.25, 0.3) is 5.91 Å². The molecule has 1 amide bonds. The highest BCUT2D eigenvalue weighted by molar-refractivity contribution is 5.94. The molecule has 0 saturated carbocycles. The predicted octanol–water partition coefficient (Wildman–Crippen LogP) is 3.22. The Hall–Kier alpha value is -2.24. The first-order valence-corrected chi connectivity index (χ1v) is 7.90. The highest BCUT2D eigenvalue weighted by Crippen LogP contribution is 2.26. The second kappa shape index (κ2) is 8.57. The fraction of sp³-hybridized carbons (Fsp3) is 0.316. The van der Waals surface area contributed by atoms with E-state index >= 15 is 0 Å². The molecule has 0 aliphatic rings. The number of methoxy groups -OCH3 is 1. The molecule has 2 N–H and O–H groups in total. The highest BCUT2D eigenvalue weighted by Gasteiger charge is 2.31. The van der Waals surface area contributed by atoms with E-state index in [1.165, 1.54) is 18.2 Å². The van der Waals surface area contributed by atoms with E-state index in [1.807, 2.05) is 0 Å². The smallest absolute Gasteiger partial charge is 0.253 e. The first-order valence-electron chi connectivity index (χ1n) is 7.90. The van der Waals surface area contributed by atoms with Crippen LogP contribution in [0.3, 0.4) is 0 Å². The molecule has 128 valence electrons. The van der Waals surface area contributed by atoms with Crippen molar-refractivity contribution in [3.05, 3.63) is 71.5 Å². The molecule has 0 spiro atoms. The average molecular weight is 331 g/mol. The summed E-state index contributed by atoms with van der Waals surface area (Å²) in [7, 11) is 1.61. The van der Waals surface area contributed by atoms with E-state index in [0.717, 1.165) is 6.42 Å². The summed E-state index contributed by atoms with van der Waals surface area (Å²) >= 11 is 0. The first kappa shape index (κ1) is 18.1. The van der Waals surface area contributed by atoms with Crippen molar-refractivity contribution < 1.29 is 19.0 Å². The lowest BCUT2D eigenvalue weighted by Gasteiger charge is -2.30. The van der Waals surface area contributed by atoms with Crippen molar-refractivity contribution >= 4 is 5.91 Å². The van der Waals surface area contributed by atoms with E-state index in [0.29, 0.717) is 24.2 Å². The number of unbranched alkanes of at least 4 members (excludes halogenated alkanes) is 1. The molecule has 5 heteroatoms. The molecule has 2 aromatic rings. The van der Waals surface area contributed by atoms with Crippen molar-refractivity contribution in [2.45, 2.75) is 25.0 Å². The predicted molar refractivity (Wildman–Crippen MR) is 89.9 cm³/mol. The number of ether oxygens (including phenoxy) is 1. The van der Waals surface area contributed by atoms with E-state index in [2.05, 4.69) is 5.32 Å². The fourth-order valence-corrected chi connectivity index (χ4v) is 2.50. The maximum Gasteiger partial charge on any atom is 0.253 e. The molecule has 0 heterocycles. The maximum atomic E-state index is 13.6. The number of carbonyl (C=O) groups is 1. The number of hydrogen-bond donors (Lipinski definition) is 2. The lowest BCUT2D eigenvalue weighted by molar-refractivity contribution is -0.00742. The minimum Gasteiger partial charge on any atom is -0.385 e. The van der Waals surface area contributed by atoms with Gasteiger partial charge in [0.05, 0.1) is 0 Å². The number of aliphatic hydroxyl groups is 1. The van der Waals surface area contributed by atoms with Crippen LogP contribution in [0.2, 0.25) is 0 Å². The van der Waals surface area contributed by atoms with Gasteiger partial charge in [-0.15, -0.1) is 0 Å². The molecule has 0 bridgehead atoms. The van der Waals surface area contributed by atoms with Crippen LogP contribution in [0.1, 0.15) is 35.2 Å². The number of benzene rings is 2. The van der Waals surface area contributed by atoms with E-state index < -0.39 is 17.4 Å². The summed E-state index contributed by atoms with van der Waals surface area (Å²) < 4.78 is 18.6. The summed E-state index contributed by atoms with van der Waals surface area (Å²) in [6.45, 7) is 0.561. The normalized spacial score (nSPS) is 13.3. The number of rotatable bonds is 8. The van der Waals surface area contributed by atoms with Crippen molar-refractivity contribution in [3.8, 4) is 0 Å². The molecule has 4 nitrogen and oxygen atoms in total. The number of carbonyl (C=O) groups excluding carboxylic acids is 1. The fourth-order valence-electron chi connectivity index (χ4n) is 2.50. The first-order chi connectivity index (χ1) is 11.5. The van der Waals surface area contributed by atoms with Gasteiger partial charge in [0.1, 0.15) is 5.82 Å². The van der Waals surface area contributed by atoms with E-state index in [4.69, 9.17) is 4.74 Å². The van der Waals surface area contributed by atoms with E-state index in [1.54, 1.807) is 43.5 Å². The zero-order valence-electron chi connectivity index (χ0n) is 13.7. The minimum atomic E-state index is -1.64. The maximum absolute atomic E-state index is 13.6. The van der Waals surface area contributed by atoms with Gasteiger partial charge in [-0.2, -0.15) is 0 Å². The van der Waals surface area contributed by atoms with Gasteiger partial charge in [-0.05, 0) is 43.5 Å². The Labute approximate surface area is 141 Å². The molecular weight excluding hydrogens is 309 g/mol. The lowest BCUT2D eigenvalue weighted by atomic mass is 9.96. The average Bonchev–Trinajstić information content (AvgIpc) is 2.59. The second-order valence-electron chi connectivity index (χ2n) is 5.64. The van der Waals surface area contributed by atoms with Crippen molar-refractivity contribution in [3.63, 3.8) is 0 Å². The molecule has 0 aliphatic carbocycles. The molecule has 0 radical (unpaired) electrons. The van der Waals surface area contributed by atoms with Crippen molar-refractivity contribution in [2.75, 3.05) is 13.7 Å². The molecule has 1 atom stereocenters. The Balaban J connectivity index is 2.20. The van der Waals surface area contributed by atoms with Crippen molar-refractivity contribution in [2.24, 2.45) is 0 Å². The van der Waals surface area contributed by atoms with Crippen LogP contribution >= 0.6 is 0 Å². The van der Waals surface area contributed by atoms with Crippen molar-refractivity contribution in [1.29, 1.82) is 0 Å². The zero-order chi connectivity index (χ0) is 17.4. The third-order valence-electron chi connectivity index (χ3n) is 3.80. The van der Waals surface area contributed by atoms with Crippen LogP contribution < -0.4 is 5.32 Å². The van der Waals surface area contributed by atoms with Crippen LogP contribution in [0.5, 0.6) is 0 Å². The summed E-state index contributed by atoms with van der Waals surface area (Å²) in [4.78, 5) is 12.4. The van der Waals surface area contributed by atoms with Crippen LogP contribution in [0, 0.1) is 5.82 Å². The van der Waals surface area contributed by atoms with E-state index in [-0.39, 0.29) is 6.42 Å². The number of hydrogen-bond acceptors (Lipinski definition) is 3. The molecule has 24 heavy (non-hydrogen) atoms. The molecule has 0 aliphatic heterocycles. The second-order valence-corrected chi connectivity index (χ2v) is 5.64. The van der Waals surface area contributed by atoms with Gasteiger partial charge < -0.3 is 15.2 Å². The minimum absolute atomic E-state index is 0.262. The molecule has 0 aromatic heterocycles. The third-order valence-corrected chi connectivity index (χ3v) is 3.80. The van der Waals surface area contributed by atoms with Gasteiger partial charge in [0.2, 0.25) is 0 Å². The Morgan fingerprint density at radius 2 is 1.92 bits per heavy atom. The number of halogens is 1. The molecule has 2 rings (SSSR count). The SMILES string of the molecule is COCCCCC(O)(NC(=O)c1ccccc1)c1cccc(F)c1. The standard InChI is InChI=1S/C19H22FNO3/c1-24-13-6-5-12-19(23,16-10-7-11-17(20)14-16)21-18(22)15-8-3-2-4-9-15/h2-4,7-11,14,23H,5-6,12-13H2,1H3,(H,21,22). The quantitative estimate of drug-likeness (QED) is 0.577. The molecule has 1 unspecified atom stereocenters. The largest absolute Gasteiger partial charge is 0.385 e. The van der Waals surface area contributed by atoms with Gasteiger partial charge in [0.15, 0.2) is 5.72 Å². The summed E-state index contributed by atoms with van der Waals surface area (Å²) in [6.07, 6.45) is 1.61. The summed E-state index contributed by atoms with van der Waals surface area (Å²) in [5.74, 6) is -0.870. The van der Waals surface area contributed by atoms with Crippen LogP contribution in [0.4, 0.5) is 4.39 Å². The Morgan fingerprint density at radius 1 is 1.17 bits per heavy atom. The summed E-state index contributed by atoms with van der Waals surface area (Å²) in [5, 5.41) is 13.6. The van der Waals surface area contributed by atoms with Gasteiger partial charge >= 0.3 is 0 Å². The van der Waals surface area contributed by atoms with Gasteiger partial charge in [-0.1, -0.05) is 30.3 Å². The zero-order valence-corrected chi connectivity index (χ0v) is 13.7. The molecule has 0 saturated heterocycles. The Kier molecular flexibility index (Phi) is 6.46. The van der Waals surface area contributed by atoms with Gasteiger partial charge in [0, 0.05) is 24.8 Å². The van der Waals surface area contributed by atoms with Gasteiger partial charge in [-0.25, -0.2) is 4.39 Å². The van der Waals surface area contributed by atoms with E-state index in [9.17, 15) is 14.3 Å². The van der Waals surface area contributed by atoms with Crippen LogP contribution in [-0.2, 0) is 10.5 Å². The topological polar surface area (TPSA) is 58.6 Å². The molecule has 2 aromatic carbocycles. The number of amides is 1. The van der Waals surface area contributed by atoms with Crippen LogP contribution in [-0.4, -0.2) is 24.7 Å². The van der Waals surface area contributed by atoms with Crippen LogP contribution in [0.15, 0.2) is 54.6 Å². The molecule has 0 fully saturated rings.